The smallest absolute Gasteiger partial charge is 0.0332 e. The van der Waals surface area contributed by atoms with Crippen LogP contribution < -0.4 is 5.73 Å². The molecule has 2 nitrogen and oxygen atoms in total. The Bertz CT molecular complexity index is 312. The summed E-state index contributed by atoms with van der Waals surface area (Å²) in [4.78, 5) is 2.69. The molecule has 0 aromatic heterocycles. The summed E-state index contributed by atoms with van der Waals surface area (Å²) in [6.45, 7) is 10.5. The Labute approximate surface area is 126 Å². The molecule has 2 fully saturated rings. The monoisotopic (exact) mass is 280 g/mol. The molecule has 2 aliphatic carbocycles. The topological polar surface area (TPSA) is 29.3 Å². The van der Waals surface area contributed by atoms with Crippen LogP contribution in [0.15, 0.2) is 0 Å². The first-order valence-corrected chi connectivity index (χ1v) is 8.63. The van der Waals surface area contributed by atoms with Gasteiger partial charge in [0.05, 0.1) is 0 Å². The molecule has 2 N–H and O–H groups in total. The summed E-state index contributed by atoms with van der Waals surface area (Å²) >= 11 is 0. The van der Waals surface area contributed by atoms with Gasteiger partial charge in [0.25, 0.3) is 0 Å². The summed E-state index contributed by atoms with van der Waals surface area (Å²) in [6, 6.07) is 0.757. The molecule has 0 heterocycles. The van der Waals surface area contributed by atoms with Crippen molar-refractivity contribution >= 4 is 0 Å². The van der Waals surface area contributed by atoms with Crippen LogP contribution in [0.3, 0.4) is 0 Å². The van der Waals surface area contributed by atoms with Crippen LogP contribution in [-0.4, -0.2) is 30.1 Å². The fourth-order valence-electron chi connectivity index (χ4n) is 4.25. The minimum atomic E-state index is 0.279. The van der Waals surface area contributed by atoms with E-state index in [1.165, 1.54) is 51.4 Å². The van der Waals surface area contributed by atoms with E-state index in [1.54, 1.807) is 0 Å². The van der Waals surface area contributed by atoms with Gasteiger partial charge >= 0.3 is 0 Å². The van der Waals surface area contributed by atoms with Crippen molar-refractivity contribution in [3.63, 3.8) is 0 Å². The molecule has 0 aromatic carbocycles. The van der Waals surface area contributed by atoms with Crippen molar-refractivity contribution in [3.8, 4) is 0 Å². The standard InChI is InChI=1S/C18H36N2/c1-16(2)8-6-15(7-9-16)20(5)18(14-19)12-10-17(3,4)11-13-18/h15H,6-14,19H2,1-5H3. The highest BCUT2D eigenvalue weighted by atomic mass is 15.2. The van der Waals surface area contributed by atoms with Crippen molar-refractivity contribution in [2.24, 2.45) is 16.6 Å². The summed E-state index contributed by atoms with van der Waals surface area (Å²) < 4.78 is 0. The quantitative estimate of drug-likeness (QED) is 0.840. The van der Waals surface area contributed by atoms with Gasteiger partial charge in [0.15, 0.2) is 0 Å². The second-order valence-corrected chi connectivity index (χ2v) is 9.10. The highest BCUT2D eigenvalue weighted by molar-refractivity contribution is 5.00. The number of likely N-dealkylation sites (N-methyl/N-ethyl adjacent to an activating group) is 1. The maximum absolute atomic E-state index is 6.25. The predicted molar refractivity (Wildman–Crippen MR) is 87.8 cm³/mol. The molecule has 2 aliphatic rings. The van der Waals surface area contributed by atoms with E-state index in [4.69, 9.17) is 5.73 Å². The van der Waals surface area contributed by atoms with Crippen molar-refractivity contribution < 1.29 is 0 Å². The third-order valence-electron chi connectivity index (χ3n) is 6.52. The summed E-state index contributed by atoms with van der Waals surface area (Å²) in [6.07, 6.45) is 10.7. The Morgan fingerprint density at radius 3 is 1.75 bits per heavy atom. The second kappa shape index (κ2) is 5.61. The molecule has 2 saturated carbocycles. The zero-order chi connectivity index (χ0) is 15.0. The highest BCUT2D eigenvalue weighted by Crippen LogP contribution is 2.45. The van der Waals surface area contributed by atoms with Crippen LogP contribution in [0.5, 0.6) is 0 Å². The van der Waals surface area contributed by atoms with E-state index < -0.39 is 0 Å². The maximum atomic E-state index is 6.25. The van der Waals surface area contributed by atoms with Gasteiger partial charge in [-0.1, -0.05) is 27.7 Å². The van der Waals surface area contributed by atoms with Crippen LogP contribution in [0.4, 0.5) is 0 Å². The van der Waals surface area contributed by atoms with Crippen molar-refractivity contribution in [2.75, 3.05) is 13.6 Å². The number of nitrogens with two attached hydrogens (primary N) is 1. The molecule has 0 radical (unpaired) electrons. The van der Waals surface area contributed by atoms with Gasteiger partial charge in [0.1, 0.15) is 0 Å². The molecule has 0 atom stereocenters. The normalized spacial score (nSPS) is 29.6. The molecule has 0 saturated heterocycles. The number of hydrogen-bond acceptors (Lipinski definition) is 2. The SMILES string of the molecule is CN(C1CCC(C)(C)CC1)C1(CN)CCC(C)(C)CC1. The third kappa shape index (κ3) is 3.39. The maximum Gasteiger partial charge on any atom is 0.0332 e. The van der Waals surface area contributed by atoms with Gasteiger partial charge in [-0.25, -0.2) is 0 Å². The number of hydrogen-bond donors (Lipinski definition) is 1. The first-order valence-electron chi connectivity index (χ1n) is 8.63. The lowest BCUT2D eigenvalue weighted by Gasteiger charge is -2.52. The fourth-order valence-corrected chi connectivity index (χ4v) is 4.25. The Hall–Kier alpha value is -0.0800. The molecule has 0 unspecified atom stereocenters. The summed E-state index contributed by atoms with van der Waals surface area (Å²) in [5.74, 6) is 0. The molecular formula is C18H36N2. The molecule has 20 heavy (non-hydrogen) atoms. The van der Waals surface area contributed by atoms with Gasteiger partial charge in [0, 0.05) is 18.1 Å². The Kier molecular flexibility index (Phi) is 4.57. The molecule has 0 aromatic rings. The van der Waals surface area contributed by atoms with E-state index in [2.05, 4.69) is 39.6 Å². The molecule has 2 rings (SSSR count). The van der Waals surface area contributed by atoms with Crippen LogP contribution in [0.2, 0.25) is 0 Å². The minimum Gasteiger partial charge on any atom is -0.329 e. The zero-order valence-electron chi connectivity index (χ0n) is 14.5. The van der Waals surface area contributed by atoms with E-state index in [0.29, 0.717) is 10.8 Å². The largest absolute Gasteiger partial charge is 0.329 e. The Balaban J connectivity index is 2.01. The van der Waals surface area contributed by atoms with E-state index >= 15 is 0 Å². The van der Waals surface area contributed by atoms with Crippen molar-refractivity contribution in [1.82, 2.24) is 4.90 Å². The van der Waals surface area contributed by atoms with Gasteiger partial charge in [0.2, 0.25) is 0 Å². The molecule has 2 heteroatoms. The summed E-state index contributed by atoms with van der Waals surface area (Å²) in [7, 11) is 2.36. The lowest BCUT2D eigenvalue weighted by Crippen LogP contribution is -2.58. The number of nitrogens with zero attached hydrogens (tertiary/aromatic N) is 1. The van der Waals surface area contributed by atoms with Crippen molar-refractivity contribution in [2.45, 2.75) is 90.6 Å². The van der Waals surface area contributed by atoms with E-state index in [0.717, 1.165) is 12.6 Å². The van der Waals surface area contributed by atoms with Gasteiger partial charge in [-0.2, -0.15) is 0 Å². The van der Waals surface area contributed by atoms with Gasteiger partial charge in [-0.05, 0) is 69.2 Å². The zero-order valence-corrected chi connectivity index (χ0v) is 14.5. The molecule has 0 amide bonds. The highest BCUT2D eigenvalue weighted by Gasteiger charge is 2.43. The summed E-state index contributed by atoms with van der Waals surface area (Å²) in [5.41, 5.74) is 7.60. The van der Waals surface area contributed by atoms with E-state index in [-0.39, 0.29) is 5.54 Å². The first-order chi connectivity index (χ1) is 9.20. The van der Waals surface area contributed by atoms with Crippen LogP contribution in [0, 0.1) is 10.8 Å². The molecule has 0 spiro atoms. The molecule has 0 aliphatic heterocycles. The second-order valence-electron chi connectivity index (χ2n) is 9.10. The molecule has 0 bridgehead atoms. The predicted octanol–water partition coefficient (Wildman–Crippen LogP) is 4.18. The van der Waals surface area contributed by atoms with Crippen LogP contribution in [-0.2, 0) is 0 Å². The van der Waals surface area contributed by atoms with Crippen LogP contribution >= 0.6 is 0 Å². The van der Waals surface area contributed by atoms with E-state index in [9.17, 15) is 0 Å². The van der Waals surface area contributed by atoms with Crippen LogP contribution in [0.1, 0.15) is 79.1 Å². The lowest BCUT2D eigenvalue weighted by atomic mass is 9.67. The average molecular weight is 280 g/mol. The Morgan fingerprint density at radius 1 is 0.850 bits per heavy atom. The third-order valence-corrected chi connectivity index (χ3v) is 6.52. The van der Waals surface area contributed by atoms with Crippen LogP contribution in [0.25, 0.3) is 0 Å². The van der Waals surface area contributed by atoms with Gasteiger partial charge < -0.3 is 5.73 Å². The average Bonchev–Trinajstić information content (AvgIpc) is 2.39. The van der Waals surface area contributed by atoms with Gasteiger partial charge in [-0.3, -0.25) is 4.90 Å². The molecule has 118 valence electrons. The Morgan fingerprint density at radius 2 is 1.30 bits per heavy atom. The first kappa shape index (κ1) is 16.3. The van der Waals surface area contributed by atoms with Gasteiger partial charge in [-0.15, -0.1) is 0 Å². The fraction of sp³-hybridized carbons (Fsp3) is 1.00. The summed E-state index contributed by atoms with van der Waals surface area (Å²) in [5, 5.41) is 0. The minimum absolute atomic E-state index is 0.279. The molecular weight excluding hydrogens is 244 g/mol. The number of rotatable bonds is 3. The van der Waals surface area contributed by atoms with E-state index in [1.807, 2.05) is 0 Å². The van der Waals surface area contributed by atoms with Crippen molar-refractivity contribution in [3.05, 3.63) is 0 Å². The van der Waals surface area contributed by atoms with Crippen molar-refractivity contribution in [1.29, 1.82) is 0 Å². The lowest BCUT2D eigenvalue weighted by molar-refractivity contribution is -0.00863.